The maximum Gasteiger partial charge on any atom is 0.409 e. The summed E-state index contributed by atoms with van der Waals surface area (Å²) in [4.78, 5) is 52.8. The second kappa shape index (κ2) is 12.4. The number of carbonyl (C=O) groups is 4. The lowest BCUT2D eigenvalue weighted by Gasteiger charge is -2.35. The fourth-order valence-corrected chi connectivity index (χ4v) is 4.12. The Kier molecular flexibility index (Phi) is 8.82. The maximum atomic E-state index is 13.3. The van der Waals surface area contributed by atoms with E-state index in [0.29, 0.717) is 18.4 Å². The number of aliphatic carboxylic acids is 1. The number of aromatic nitrogens is 2. The van der Waals surface area contributed by atoms with Crippen molar-refractivity contribution in [3.8, 4) is 11.6 Å². The molecular weight excluding hydrogens is 494 g/mol. The summed E-state index contributed by atoms with van der Waals surface area (Å²) < 4.78 is 12.5. The lowest BCUT2D eigenvalue weighted by atomic mass is 10.1. The van der Waals surface area contributed by atoms with Crippen molar-refractivity contribution < 1.29 is 33.8 Å². The molecule has 4 rings (SSSR count). The van der Waals surface area contributed by atoms with E-state index < -0.39 is 29.9 Å². The number of carboxylic acids is 1. The molecule has 2 aromatic rings. The molecule has 1 saturated carbocycles. The third-order valence-corrected chi connectivity index (χ3v) is 6.44. The molecule has 1 aliphatic heterocycles. The smallest absolute Gasteiger partial charge is 0.409 e. The van der Waals surface area contributed by atoms with Crippen molar-refractivity contribution in [1.82, 2.24) is 24.9 Å². The summed E-state index contributed by atoms with van der Waals surface area (Å²) in [5, 5.41) is 16.3. The van der Waals surface area contributed by atoms with Crippen LogP contribution in [0.5, 0.6) is 5.88 Å². The normalized spacial score (nSPS) is 16.0. The first-order chi connectivity index (χ1) is 18.4. The van der Waals surface area contributed by atoms with Gasteiger partial charge in [0, 0.05) is 38.7 Å². The number of nitrogens with one attached hydrogen (secondary N) is 1. The fraction of sp³-hybridized carbons (Fsp3) is 0.500. The average molecular weight is 528 g/mol. The van der Waals surface area contributed by atoms with Gasteiger partial charge in [-0.2, -0.15) is 5.10 Å². The van der Waals surface area contributed by atoms with Crippen molar-refractivity contribution in [2.24, 2.45) is 5.92 Å². The monoisotopic (exact) mass is 527 g/mol. The number of hydrogen-bond donors (Lipinski definition) is 2. The lowest BCUT2D eigenvalue weighted by Crippen LogP contribution is -2.56. The molecule has 1 atom stereocenters. The van der Waals surface area contributed by atoms with Gasteiger partial charge >= 0.3 is 12.1 Å². The van der Waals surface area contributed by atoms with E-state index in [9.17, 15) is 24.3 Å². The van der Waals surface area contributed by atoms with E-state index in [0.717, 1.165) is 18.5 Å². The van der Waals surface area contributed by atoms with E-state index in [1.54, 1.807) is 11.6 Å². The van der Waals surface area contributed by atoms with Crippen LogP contribution >= 0.6 is 0 Å². The highest BCUT2D eigenvalue weighted by molar-refractivity contribution is 5.96. The Morgan fingerprint density at radius 2 is 1.76 bits per heavy atom. The van der Waals surface area contributed by atoms with Gasteiger partial charge in [-0.3, -0.25) is 14.4 Å². The zero-order chi connectivity index (χ0) is 27.1. The predicted octanol–water partition coefficient (Wildman–Crippen LogP) is 1.92. The number of carbonyl (C=O) groups excluding carboxylic acids is 3. The van der Waals surface area contributed by atoms with E-state index in [1.165, 1.54) is 15.9 Å². The van der Waals surface area contributed by atoms with Gasteiger partial charge in [-0.05, 0) is 44.2 Å². The standard InChI is InChI=1S/C26H33N5O7/c1-2-37-26(36)30-14-12-29(13-15-30)25(35)20(10-11-23(32)33)27-24(34)21-16-22(38-17-18-8-9-18)31(28-21)19-6-4-3-5-7-19/h3-7,16,18,20H,2,8-15,17H2,1H3,(H,27,34)(H,32,33)/t20-/m0/s1. The number of piperazine rings is 1. The molecule has 1 aliphatic carbocycles. The van der Waals surface area contributed by atoms with Gasteiger partial charge in [0.2, 0.25) is 11.8 Å². The minimum Gasteiger partial charge on any atom is -0.481 e. The van der Waals surface area contributed by atoms with Crippen LogP contribution in [0.15, 0.2) is 36.4 Å². The molecule has 0 radical (unpaired) electrons. The third kappa shape index (κ3) is 7.02. The molecule has 0 spiro atoms. The molecule has 2 N–H and O–H groups in total. The summed E-state index contributed by atoms with van der Waals surface area (Å²) in [5.41, 5.74) is 0.773. The minimum atomic E-state index is -1.08. The van der Waals surface area contributed by atoms with Gasteiger partial charge in [-0.1, -0.05) is 18.2 Å². The van der Waals surface area contributed by atoms with Crippen molar-refractivity contribution in [3.05, 3.63) is 42.1 Å². The molecule has 0 unspecified atom stereocenters. The maximum absolute atomic E-state index is 13.3. The topological polar surface area (TPSA) is 143 Å². The molecule has 1 aromatic carbocycles. The summed E-state index contributed by atoms with van der Waals surface area (Å²) >= 11 is 0. The number of ether oxygens (including phenoxy) is 2. The summed E-state index contributed by atoms with van der Waals surface area (Å²) in [7, 11) is 0. The van der Waals surface area contributed by atoms with Gasteiger partial charge in [0.1, 0.15) is 6.04 Å². The molecule has 1 saturated heterocycles. The van der Waals surface area contributed by atoms with E-state index in [2.05, 4.69) is 10.4 Å². The highest BCUT2D eigenvalue weighted by atomic mass is 16.6. The molecule has 2 fully saturated rings. The van der Waals surface area contributed by atoms with Crippen molar-refractivity contribution in [1.29, 1.82) is 0 Å². The molecule has 3 amide bonds. The molecular formula is C26H33N5O7. The van der Waals surface area contributed by atoms with Crippen LogP contribution < -0.4 is 10.1 Å². The second-order valence-electron chi connectivity index (χ2n) is 9.34. The molecule has 38 heavy (non-hydrogen) atoms. The lowest BCUT2D eigenvalue weighted by molar-refractivity contribution is -0.138. The number of benzene rings is 1. The third-order valence-electron chi connectivity index (χ3n) is 6.44. The van der Waals surface area contributed by atoms with Crippen LogP contribution in [0.1, 0.15) is 43.1 Å². The first-order valence-corrected chi connectivity index (χ1v) is 12.9. The number of carboxylic acid groups (broad SMARTS) is 1. The van der Waals surface area contributed by atoms with Gasteiger partial charge in [-0.15, -0.1) is 0 Å². The Hall–Kier alpha value is -4.09. The van der Waals surface area contributed by atoms with E-state index in [4.69, 9.17) is 9.47 Å². The number of nitrogens with zero attached hydrogens (tertiary/aromatic N) is 4. The summed E-state index contributed by atoms with van der Waals surface area (Å²) in [6.07, 6.45) is 1.39. The zero-order valence-corrected chi connectivity index (χ0v) is 21.4. The van der Waals surface area contributed by atoms with Crippen LogP contribution in [-0.4, -0.2) is 94.0 Å². The molecule has 0 bridgehead atoms. The molecule has 2 heterocycles. The Morgan fingerprint density at radius 3 is 2.39 bits per heavy atom. The highest BCUT2D eigenvalue weighted by Gasteiger charge is 2.32. The number of para-hydroxylation sites is 1. The van der Waals surface area contributed by atoms with Crippen LogP contribution in [0.2, 0.25) is 0 Å². The van der Waals surface area contributed by atoms with Gasteiger partial charge in [0.15, 0.2) is 5.69 Å². The average Bonchev–Trinajstić information content (AvgIpc) is 3.66. The number of hydrogen-bond acceptors (Lipinski definition) is 7. The summed E-state index contributed by atoms with van der Waals surface area (Å²) in [6, 6.07) is 9.72. The molecule has 1 aromatic heterocycles. The zero-order valence-electron chi connectivity index (χ0n) is 21.4. The van der Waals surface area contributed by atoms with Crippen LogP contribution in [-0.2, 0) is 14.3 Å². The first kappa shape index (κ1) is 27.0. The summed E-state index contributed by atoms with van der Waals surface area (Å²) in [6.45, 7) is 3.57. The number of rotatable bonds is 11. The van der Waals surface area contributed by atoms with E-state index in [-0.39, 0.29) is 51.3 Å². The fourth-order valence-electron chi connectivity index (χ4n) is 4.12. The highest BCUT2D eigenvalue weighted by Crippen LogP contribution is 2.30. The Labute approximate surface area is 220 Å². The van der Waals surface area contributed by atoms with Crippen molar-refractivity contribution in [2.45, 2.75) is 38.6 Å². The van der Waals surface area contributed by atoms with Crippen LogP contribution in [0, 0.1) is 5.92 Å². The molecule has 204 valence electrons. The number of amides is 3. The molecule has 2 aliphatic rings. The Morgan fingerprint density at radius 1 is 1.08 bits per heavy atom. The van der Waals surface area contributed by atoms with Gasteiger partial charge < -0.3 is 29.7 Å². The van der Waals surface area contributed by atoms with E-state index in [1.807, 2.05) is 30.3 Å². The Balaban J connectivity index is 1.46. The predicted molar refractivity (Wildman–Crippen MR) is 135 cm³/mol. The van der Waals surface area contributed by atoms with Crippen LogP contribution in [0.3, 0.4) is 0 Å². The first-order valence-electron chi connectivity index (χ1n) is 12.9. The summed E-state index contributed by atoms with van der Waals surface area (Å²) in [5.74, 6) is -1.18. The van der Waals surface area contributed by atoms with Crippen LogP contribution in [0.25, 0.3) is 5.69 Å². The van der Waals surface area contributed by atoms with Gasteiger partial charge in [-0.25, -0.2) is 9.48 Å². The van der Waals surface area contributed by atoms with Crippen molar-refractivity contribution >= 4 is 23.9 Å². The van der Waals surface area contributed by atoms with Crippen molar-refractivity contribution in [3.63, 3.8) is 0 Å². The molecule has 12 nitrogen and oxygen atoms in total. The van der Waals surface area contributed by atoms with Crippen molar-refractivity contribution in [2.75, 3.05) is 39.4 Å². The van der Waals surface area contributed by atoms with Crippen LogP contribution in [0.4, 0.5) is 4.79 Å². The quantitative estimate of drug-likeness (QED) is 0.451. The Bertz CT molecular complexity index is 1140. The minimum absolute atomic E-state index is 0.0555. The largest absolute Gasteiger partial charge is 0.481 e. The van der Waals surface area contributed by atoms with E-state index >= 15 is 0 Å². The SMILES string of the molecule is CCOC(=O)N1CCN(C(=O)[C@H](CCC(=O)O)NC(=O)c2cc(OCC3CC3)n(-c3ccccc3)n2)CC1. The molecule has 12 heteroatoms. The van der Waals surface area contributed by atoms with Gasteiger partial charge in [0.05, 0.1) is 18.9 Å². The second-order valence-corrected chi connectivity index (χ2v) is 9.34. The van der Waals surface area contributed by atoms with Gasteiger partial charge in [0.25, 0.3) is 5.91 Å².